The fourth-order valence-corrected chi connectivity index (χ4v) is 3.71. The number of rotatable bonds is 7. The number of nitrogens with zero attached hydrogens (tertiary/aromatic N) is 1. The highest BCUT2D eigenvalue weighted by molar-refractivity contribution is 6.42. The number of nitrogens with one attached hydrogen (secondary N) is 3. The van der Waals surface area contributed by atoms with Crippen molar-refractivity contribution >= 4 is 40.4 Å². The van der Waals surface area contributed by atoms with Crippen LogP contribution in [0, 0.1) is 0 Å². The summed E-state index contributed by atoms with van der Waals surface area (Å²) in [5.74, 6) is 0.951. The van der Waals surface area contributed by atoms with E-state index in [0.717, 1.165) is 36.5 Å². The van der Waals surface area contributed by atoms with Crippen LogP contribution in [0.3, 0.4) is 0 Å². The smallest absolute Gasteiger partial charge is 0.253 e. The van der Waals surface area contributed by atoms with Crippen molar-refractivity contribution in [2.75, 3.05) is 29.0 Å². The number of halogens is 2. The van der Waals surface area contributed by atoms with Crippen molar-refractivity contribution in [1.82, 2.24) is 4.98 Å². The average molecular weight is 431 g/mol. The maximum Gasteiger partial charge on any atom is 0.253 e. The zero-order valence-corrected chi connectivity index (χ0v) is 17.2. The molecule has 0 aliphatic carbocycles. The minimum absolute atomic E-state index is 0.307. The molecule has 2 aromatic carbocycles. The third-order valence-corrected chi connectivity index (χ3v) is 5.74. The second-order valence-corrected chi connectivity index (χ2v) is 7.84. The van der Waals surface area contributed by atoms with Crippen molar-refractivity contribution in [3.05, 3.63) is 77.6 Å². The first-order valence-electron chi connectivity index (χ1n) is 9.50. The van der Waals surface area contributed by atoms with Gasteiger partial charge in [0.25, 0.3) is 10.9 Å². The molecule has 0 bridgehead atoms. The van der Waals surface area contributed by atoms with Gasteiger partial charge in [0, 0.05) is 31.7 Å². The lowest BCUT2D eigenvalue weighted by Gasteiger charge is -2.18. The van der Waals surface area contributed by atoms with Crippen LogP contribution in [-0.2, 0) is 19.4 Å². The molecule has 3 N–H and O–H groups in total. The summed E-state index contributed by atoms with van der Waals surface area (Å²) < 4.78 is 0. The molecule has 0 unspecified atom stereocenters. The topological polar surface area (TPSA) is 83.1 Å². The number of aryl methyl sites for hydroxylation is 1. The van der Waals surface area contributed by atoms with Crippen LogP contribution in [0.4, 0.5) is 17.2 Å². The predicted octanol–water partition coefficient (Wildman–Crippen LogP) is 3.61. The van der Waals surface area contributed by atoms with E-state index in [1.807, 2.05) is 12.1 Å². The van der Waals surface area contributed by atoms with E-state index < -0.39 is 10.9 Å². The Labute approximate surface area is 178 Å². The Hall–Kier alpha value is -2.57. The van der Waals surface area contributed by atoms with Crippen LogP contribution in [-0.4, -0.2) is 18.1 Å². The Morgan fingerprint density at radius 1 is 1.00 bits per heavy atom. The van der Waals surface area contributed by atoms with Crippen molar-refractivity contribution in [1.29, 1.82) is 0 Å². The van der Waals surface area contributed by atoms with Crippen LogP contribution in [0.1, 0.15) is 23.2 Å². The van der Waals surface area contributed by atoms with Gasteiger partial charge in [0.1, 0.15) is 17.2 Å². The summed E-state index contributed by atoms with van der Waals surface area (Å²) >= 11 is 11.9. The molecule has 29 heavy (non-hydrogen) atoms. The molecule has 150 valence electrons. The molecule has 8 heteroatoms. The van der Waals surface area contributed by atoms with E-state index in [1.54, 1.807) is 12.1 Å². The Balaban J connectivity index is 1.36. The number of benzene rings is 1. The van der Waals surface area contributed by atoms with Gasteiger partial charge in [0.05, 0.1) is 10.0 Å². The van der Waals surface area contributed by atoms with Gasteiger partial charge in [-0.25, -0.2) is 4.98 Å². The Kier molecular flexibility index (Phi) is 5.74. The van der Waals surface area contributed by atoms with Crippen LogP contribution in [0.15, 0.2) is 39.9 Å². The summed E-state index contributed by atoms with van der Waals surface area (Å²) in [5, 5.41) is 10.3. The zero-order valence-electron chi connectivity index (χ0n) is 15.6. The van der Waals surface area contributed by atoms with Crippen molar-refractivity contribution in [2.45, 2.75) is 25.8 Å². The maximum absolute atomic E-state index is 11.9. The van der Waals surface area contributed by atoms with Crippen LogP contribution >= 0.6 is 23.2 Å². The summed E-state index contributed by atoms with van der Waals surface area (Å²) in [4.78, 5) is 28.5. The summed E-state index contributed by atoms with van der Waals surface area (Å²) in [7, 11) is 0. The summed E-state index contributed by atoms with van der Waals surface area (Å²) in [6.45, 7) is 1.83. The molecule has 0 saturated carbocycles. The quantitative estimate of drug-likeness (QED) is 0.496. The first kappa shape index (κ1) is 19.7. The SMILES string of the molecule is O=c1c(NCCc2ccc3c(n2)NCCC3)c(NCc2ccc(Cl)c(Cl)c2)c1=O. The normalized spacial score (nSPS) is 13.0. The van der Waals surface area contributed by atoms with Gasteiger partial charge in [-0.05, 0) is 42.2 Å². The van der Waals surface area contributed by atoms with E-state index in [9.17, 15) is 9.59 Å². The van der Waals surface area contributed by atoms with Gasteiger partial charge in [-0.1, -0.05) is 35.3 Å². The van der Waals surface area contributed by atoms with Crippen LogP contribution in [0.5, 0.6) is 0 Å². The van der Waals surface area contributed by atoms with Gasteiger partial charge in [-0.2, -0.15) is 0 Å². The third-order valence-electron chi connectivity index (χ3n) is 5.00. The van der Waals surface area contributed by atoms with Crippen LogP contribution < -0.4 is 26.8 Å². The Morgan fingerprint density at radius 2 is 1.79 bits per heavy atom. The molecule has 0 amide bonds. The Bertz CT molecular complexity index is 1120. The van der Waals surface area contributed by atoms with Gasteiger partial charge in [0.2, 0.25) is 0 Å². The van der Waals surface area contributed by atoms with Gasteiger partial charge in [0.15, 0.2) is 0 Å². The fourth-order valence-electron chi connectivity index (χ4n) is 3.39. The van der Waals surface area contributed by atoms with E-state index in [1.165, 1.54) is 5.56 Å². The van der Waals surface area contributed by atoms with Crippen LogP contribution in [0.2, 0.25) is 10.0 Å². The number of fused-ring (bicyclic) bond motifs is 1. The highest BCUT2D eigenvalue weighted by atomic mass is 35.5. The zero-order chi connectivity index (χ0) is 20.4. The number of hydrogen-bond donors (Lipinski definition) is 3. The standard InChI is InChI=1S/C21H20Cl2N4O2/c22-15-6-3-12(10-16(15)23)11-26-18-17(19(28)20(18)29)24-9-7-14-5-4-13-2-1-8-25-21(13)27-14/h3-6,10,24,26H,1-2,7-9,11H2,(H,25,27). The fraction of sp³-hybridized carbons (Fsp3) is 0.286. The first-order chi connectivity index (χ1) is 14.0. The molecular weight excluding hydrogens is 411 g/mol. The maximum atomic E-state index is 11.9. The molecule has 0 radical (unpaired) electrons. The van der Waals surface area contributed by atoms with Gasteiger partial charge in [-0.15, -0.1) is 0 Å². The van der Waals surface area contributed by atoms with E-state index >= 15 is 0 Å². The summed E-state index contributed by atoms with van der Waals surface area (Å²) in [6, 6.07) is 9.36. The number of hydrogen-bond acceptors (Lipinski definition) is 6. The minimum atomic E-state index is -0.510. The largest absolute Gasteiger partial charge is 0.380 e. The van der Waals surface area contributed by atoms with Crippen molar-refractivity contribution in [3.63, 3.8) is 0 Å². The van der Waals surface area contributed by atoms with Gasteiger partial charge in [-0.3, -0.25) is 9.59 Å². The van der Waals surface area contributed by atoms with Gasteiger partial charge >= 0.3 is 0 Å². The van der Waals surface area contributed by atoms with E-state index in [2.05, 4.69) is 27.0 Å². The Morgan fingerprint density at radius 3 is 2.59 bits per heavy atom. The molecular formula is C21H20Cl2N4O2. The van der Waals surface area contributed by atoms with Crippen molar-refractivity contribution < 1.29 is 0 Å². The highest BCUT2D eigenvalue weighted by Crippen LogP contribution is 2.24. The number of anilines is 3. The molecule has 0 saturated heterocycles. The summed E-state index contributed by atoms with van der Waals surface area (Å²) in [5.41, 5.74) is 2.67. The van der Waals surface area contributed by atoms with Crippen molar-refractivity contribution in [2.24, 2.45) is 0 Å². The molecule has 2 heterocycles. The average Bonchev–Trinajstić information content (AvgIpc) is 2.74. The molecule has 1 aliphatic rings. The number of pyridine rings is 1. The van der Waals surface area contributed by atoms with E-state index in [0.29, 0.717) is 40.9 Å². The molecule has 0 atom stereocenters. The molecule has 1 aromatic heterocycles. The number of aromatic nitrogens is 1. The molecule has 3 aromatic rings. The lowest BCUT2D eigenvalue weighted by Crippen LogP contribution is -2.37. The van der Waals surface area contributed by atoms with Gasteiger partial charge < -0.3 is 16.0 Å². The summed E-state index contributed by atoms with van der Waals surface area (Å²) in [6.07, 6.45) is 2.82. The van der Waals surface area contributed by atoms with E-state index in [4.69, 9.17) is 23.2 Å². The van der Waals surface area contributed by atoms with Crippen LogP contribution in [0.25, 0.3) is 0 Å². The molecule has 0 spiro atoms. The minimum Gasteiger partial charge on any atom is -0.380 e. The second-order valence-electron chi connectivity index (χ2n) is 7.03. The first-order valence-corrected chi connectivity index (χ1v) is 10.3. The molecule has 1 aliphatic heterocycles. The van der Waals surface area contributed by atoms with Crippen molar-refractivity contribution in [3.8, 4) is 0 Å². The molecule has 6 nitrogen and oxygen atoms in total. The lowest BCUT2D eigenvalue weighted by atomic mass is 10.1. The molecule has 4 rings (SSSR count). The lowest BCUT2D eigenvalue weighted by molar-refractivity contribution is 0.809. The highest BCUT2D eigenvalue weighted by Gasteiger charge is 2.20. The predicted molar refractivity (Wildman–Crippen MR) is 118 cm³/mol. The second kappa shape index (κ2) is 8.43. The monoisotopic (exact) mass is 430 g/mol. The van der Waals surface area contributed by atoms with E-state index in [-0.39, 0.29) is 0 Å². The third kappa shape index (κ3) is 4.23. The molecule has 0 fully saturated rings.